The first-order valence-electron chi connectivity index (χ1n) is 9.47. The Kier molecular flexibility index (Phi) is 7.23. The predicted octanol–water partition coefficient (Wildman–Crippen LogP) is 4.84. The normalized spacial score (nSPS) is 10.4. The first kappa shape index (κ1) is 20.7. The van der Waals surface area contributed by atoms with Gasteiger partial charge in [0.05, 0.1) is 13.7 Å². The van der Waals surface area contributed by atoms with Crippen LogP contribution in [0.25, 0.3) is 6.08 Å². The minimum Gasteiger partial charge on any atom is -0.493 e. The maximum Gasteiger partial charge on any atom is 0.251 e. The highest BCUT2D eigenvalue weighted by atomic mass is 16.5. The van der Waals surface area contributed by atoms with Gasteiger partial charge >= 0.3 is 0 Å². The monoisotopic (exact) mass is 398 g/mol. The van der Waals surface area contributed by atoms with Crippen LogP contribution in [0.5, 0.6) is 11.5 Å². The van der Waals surface area contributed by atoms with Gasteiger partial charge in [0.25, 0.3) is 5.91 Å². The minimum absolute atomic E-state index is 0.0600. The highest BCUT2D eigenvalue weighted by molar-refractivity contribution is 6.03. The standard InChI is InChI=1S/C25H22N2O3/c1-29-24-18-20(12-14-23(24)30-17-16-26)13-15-25(28)27(22-10-6-3-7-11-22)19-21-8-4-2-5-9-21/h2-15,18H,17,19H2,1H3/b15-13+. The van der Waals surface area contributed by atoms with Gasteiger partial charge in [0.2, 0.25) is 0 Å². The van der Waals surface area contributed by atoms with Gasteiger partial charge in [-0.25, -0.2) is 0 Å². The maximum absolute atomic E-state index is 13.0. The van der Waals surface area contributed by atoms with Gasteiger partial charge in [0.15, 0.2) is 18.1 Å². The molecule has 0 radical (unpaired) electrons. The van der Waals surface area contributed by atoms with Gasteiger partial charge in [-0.05, 0) is 41.5 Å². The topological polar surface area (TPSA) is 62.6 Å². The molecule has 30 heavy (non-hydrogen) atoms. The molecule has 0 unspecified atom stereocenters. The summed E-state index contributed by atoms with van der Waals surface area (Å²) in [6, 6.07) is 26.7. The third kappa shape index (κ3) is 5.49. The van der Waals surface area contributed by atoms with Gasteiger partial charge in [-0.2, -0.15) is 5.26 Å². The zero-order valence-electron chi connectivity index (χ0n) is 16.7. The fourth-order valence-electron chi connectivity index (χ4n) is 2.94. The largest absolute Gasteiger partial charge is 0.493 e. The molecule has 5 nitrogen and oxygen atoms in total. The van der Waals surface area contributed by atoms with E-state index in [-0.39, 0.29) is 12.5 Å². The minimum atomic E-state index is -0.131. The third-order valence-corrected chi connectivity index (χ3v) is 4.42. The van der Waals surface area contributed by atoms with E-state index < -0.39 is 0 Å². The van der Waals surface area contributed by atoms with E-state index >= 15 is 0 Å². The second kappa shape index (κ2) is 10.5. The molecule has 0 bridgehead atoms. The Bertz CT molecular complexity index is 1040. The first-order valence-corrected chi connectivity index (χ1v) is 9.47. The van der Waals surface area contributed by atoms with E-state index in [0.29, 0.717) is 18.0 Å². The third-order valence-electron chi connectivity index (χ3n) is 4.42. The Morgan fingerprint density at radius 1 is 1.00 bits per heavy atom. The number of carbonyl (C=O) groups is 1. The summed E-state index contributed by atoms with van der Waals surface area (Å²) in [7, 11) is 1.53. The summed E-state index contributed by atoms with van der Waals surface area (Å²) in [5.41, 5.74) is 2.66. The smallest absolute Gasteiger partial charge is 0.251 e. The van der Waals surface area contributed by atoms with Crippen molar-refractivity contribution in [3.63, 3.8) is 0 Å². The Labute approximate surface area is 176 Å². The van der Waals surface area contributed by atoms with Crippen molar-refractivity contribution in [1.82, 2.24) is 0 Å². The van der Waals surface area contributed by atoms with Crippen molar-refractivity contribution in [1.29, 1.82) is 5.26 Å². The van der Waals surface area contributed by atoms with Gasteiger partial charge in [0, 0.05) is 11.8 Å². The molecule has 3 rings (SSSR count). The lowest BCUT2D eigenvalue weighted by Gasteiger charge is -2.21. The van der Waals surface area contributed by atoms with Crippen LogP contribution in [0.4, 0.5) is 5.69 Å². The lowest BCUT2D eigenvalue weighted by Crippen LogP contribution is -2.28. The van der Waals surface area contributed by atoms with E-state index in [0.717, 1.165) is 16.8 Å². The zero-order valence-corrected chi connectivity index (χ0v) is 16.7. The van der Waals surface area contributed by atoms with Crippen LogP contribution in [0.2, 0.25) is 0 Å². The van der Waals surface area contributed by atoms with Crippen molar-refractivity contribution in [3.8, 4) is 17.6 Å². The number of rotatable bonds is 8. The number of anilines is 1. The van der Waals surface area contributed by atoms with Crippen molar-refractivity contribution in [2.45, 2.75) is 6.54 Å². The molecule has 0 saturated heterocycles. The van der Waals surface area contributed by atoms with Gasteiger partial charge < -0.3 is 14.4 Å². The zero-order chi connectivity index (χ0) is 21.2. The lowest BCUT2D eigenvalue weighted by molar-refractivity contribution is -0.114. The van der Waals surface area contributed by atoms with Crippen molar-refractivity contribution in [2.75, 3.05) is 18.6 Å². The van der Waals surface area contributed by atoms with Crippen LogP contribution in [0.1, 0.15) is 11.1 Å². The van der Waals surface area contributed by atoms with Crippen LogP contribution in [-0.4, -0.2) is 19.6 Å². The summed E-state index contributed by atoms with van der Waals surface area (Å²) in [6.45, 7) is 0.411. The summed E-state index contributed by atoms with van der Waals surface area (Å²) < 4.78 is 10.7. The number of hydrogen-bond donors (Lipinski definition) is 0. The SMILES string of the molecule is COc1cc(/C=C/C(=O)N(Cc2ccccc2)c2ccccc2)ccc1OCC#N. The second-order valence-corrected chi connectivity index (χ2v) is 6.44. The van der Waals surface area contributed by atoms with E-state index in [2.05, 4.69) is 0 Å². The van der Waals surface area contributed by atoms with Gasteiger partial charge in [-0.1, -0.05) is 54.6 Å². The molecule has 0 saturated carbocycles. The van der Waals surface area contributed by atoms with Gasteiger partial charge in [-0.15, -0.1) is 0 Å². The van der Waals surface area contributed by atoms with E-state index in [4.69, 9.17) is 14.7 Å². The number of carbonyl (C=O) groups excluding carboxylic acids is 1. The molecular formula is C25H22N2O3. The number of methoxy groups -OCH3 is 1. The highest BCUT2D eigenvalue weighted by Crippen LogP contribution is 2.28. The van der Waals surface area contributed by atoms with E-state index in [1.54, 1.807) is 29.2 Å². The van der Waals surface area contributed by atoms with Crippen LogP contribution in [0, 0.1) is 11.3 Å². The molecule has 0 atom stereocenters. The molecular weight excluding hydrogens is 376 g/mol. The molecule has 0 N–H and O–H groups in total. The molecule has 0 aliphatic heterocycles. The molecule has 3 aromatic rings. The van der Waals surface area contributed by atoms with Crippen LogP contribution in [0.15, 0.2) is 84.9 Å². The fourth-order valence-corrected chi connectivity index (χ4v) is 2.94. The lowest BCUT2D eigenvalue weighted by atomic mass is 10.1. The second-order valence-electron chi connectivity index (χ2n) is 6.44. The number of benzene rings is 3. The molecule has 1 amide bonds. The van der Waals surface area contributed by atoms with Crippen molar-refractivity contribution in [2.24, 2.45) is 0 Å². The quantitative estimate of drug-likeness (QED) is 0.509. The van der Waals surface area contributed by atoms with Crippen LogP contribution >= 0.6 is 0 Å². The molecule has 0 aromatic heterocycles. The van der Waals surface area contributed by atoms with Gasteiger partial charge in [-0.3, -0.25) is 4.79 Å². The number of ether oxygens (including phenoxy) is 2. The van der Waals surface area contributed by atoms with Crippen molar-refractivity contribution < 1.29 is 14.3 Å². The Morgan fingerprint density at radius 3 is 2.37 bits per heavy atom. The van der Waals surface area contributed by atoms with E-state index in [1.165, 1.54) is 7.11 Å². The number of hydrogen-bond acceptors (Lipinski definition) is 4. The molecule has 150 valence electrons. The molecule has 0 fully saturated rings. The fraction of sp³-hybridized carbons (Fsp3) is 0.120. The van der Waals surface area contributed by atoms with Gasteiger partial charge in [0.1, 0.15) is 6.07 Å². The molecule has 0 aliphatic rings. The summed E-state index contributed by atoms with van der Waals surface area (Å²) in [5, 5.41) is 8.67. The number of para-hydroxylation sites is 1. The molecule has 3 aromatic carbocycles. The number of nitriles is 1. The average molecular weight is 398 g/mol. The summed E-state index contributed by atoms with van der Waals surface area (Å²) in [6.07, 6.45) is 3.28. The maximum atomic E-state index is 13.0. The predicted molar refractivity (Wildman–Crippen MR) is 117 cm³/mol. The summed E-state index contributed by atoms with van der Waals surface area (Å²) in [5.74, 6) is 0.857. The van der Waals surface area contributed by atoms with E-state index in [9.17, 15) is 4.79 Å². The van der Waals surface area contributed by atoms with Crippen LogP contribution < -0.4 is 14.4 Å². The van der Waals surface area contributed by atoms with Crippen molar-refractivity contribution in [3.05, 3.63) is 96.1 Å². The van der Waals surface area contributed by atoms with Crippen LogP contribution in [0.3, 0.4) is 0 Å². The summed E-state index contributed by atoms with van der Waals surface area (Å²) in [4.78, 5) is 14.8. The Morgan fingerprint density at radius 2 is 1.70 bits per heavy atom. The van der Waals surface area contributed by atoms with Crippen LogP contribution in [-0.2, 0) is 11.3 Å². The first-order chi connectivity index (χ1) is 14.7. The van der Waals surface area contributed by atoms with E-state index in [1.807, 2.05) is 72.8 Å². The molecule has 0 spiro atoms. The Hall–Kier alpha value is -4.04. The number of amides is 1. The number of nitrogens with zero attached hydrogens (tertiary/aromatic N) is 2. The summed E-state index contributed by atoms with van der Waals surface area (Å²) >= 11 is 0. The molecule has 0 aliphatic carbocycles. The molecule has 0 heterocycles. The van der Waals surface area contributed by atoms with Crippen molar-refractivity contribution >= 4 is 17.7 Å². The average Bonchev–Trinajstić information content (AvgIpc) is 2.81. The Balaban J connectivity index is 1.81. The highest BCUT2D eigenvalue weighted by Gasteiger charge is 2.14. The molecule has 5 heteroatoms.